The largest absolute Gasteiger partial charge is 0.496 e. The Hall–Kier alpha value is -2.72. The molecule has 10 heteroatoms. The van der Waals surface area contributed by atoms with Crippen molar-refractivity contribution in [3.63, 3.8) is 0 Å². The number of carbonyl (C=O) groups excluding carboxylic acids is 1. The van der Waals surface area contributed by atoms with Crippen LogP contribution in [0.2, 0.25) is 4.34 Å². The molecule has 0 atom stereocenters. The molecule has 0 bridgehead atoms. The number of hydrogen-bond donors (Lipinski definition) is 0. The minimum absolute atomic E-state index is 0.172. The summed E-state index contributed by atoms with van der Waals surface area (Å²) in [6, 6.07) is 16.7. The van der Waals surface area contributed by atoms with Crippen molar-refractivity contribution in [3.8, 4) is 5.75 Å². The van der Waals surface area contributed by atoms with Gasteiger partial charge in [0.2, 0.25) is 0 Å². The number of ketones is 1. The van der Waals surface area contributed by atoms with Gasteiger partial charge in [-0.05, 0) is 41.8 Å². The highest BCUT2D eigenvalue weighted by Gasteiger charge is 2.24. The highest BCUT2D eigenvalue weighted by molar-refractivity contribution is 7.92. The SMILES string of the molecule is COCCC(=O)CCc1cccc(Cn2nc(CS(=O)(=O)c3ccc(Cl)s3)c3c(OC)cccc32)c1. The Morgan fingerprint density at radius 1 is 1.06 bits per heavy atom. The van der Waals surface area contributed by atoms with Gasteiger partial charge >= 0.3 is 0 Å². The Morgan fingerprint density at radius 3 is 2.56 bits per heavy atom. The molecular weight excluding hydrogens is 520 g/mol. The minimum atomic E-state index is -3.64. The predicted molar refractivity (Wildman–Crippen MR) is 142 cm³/mol. The van der Waals surface area contributed by atoms with Crippen molar-refractivity contribution in [1.29, 1.82) is 0 Å². The highest BCUT2D eigenvalue weighted by Crippen LogP contribution is 2.33. The molecule has 190 valence electrons. The number of fused-ring (bicyclic) bond motifs is 1. The molecule has 7 nitrogen and oxygen atoms in total. The van der Waals surface area contributed by atoms with E-state index in [-0.39, 0.29) is 15.7 Å². The lowest BCUT2D eigenvalue weighted by Gasteiger charge is -2.08. The van der Waals surface area contributed by atoms with Crippen LogP contribution >= 0.6 is 22.9 Å². The number of nitrogens with zero attached hydrogens (tertiary/aromatic N) is 2. The zero-order valence-corrected chi connectivity index (χ0v) is 22.5. The molecule has 0 aliphatic rings. The lowest BCUT2D eigenvalue weighted by molar-refractivity contribution is -0.119. The smallest absolute Gasteiger partial charge is 0.193 e. The summed E-state index contributed by atoms with van der Waals surface area (Å²) < 4.78 is 39.1. The number of Topliss-reactive ketones (excluding diaryl/α,β-unsaturated/α-hetero) is 1. The molecule has 0 aliphatic heterocycles. The maximum Gasteiger partial charge on any atom is 0.193 e. The average molecular weight is 547 g/mol. The molecule has 4 aromatic rings. The second-order valence-electron chi connectivity index (χ2n) is 8.38. The van der Waals surface area contributed by atoms with E-state index in [2.05, 4.69) is 6.07 Å². The third-order valence-electron chi connectivity index (χ3n) is 5.82. The third kappa shape index (κ3) is 6.15. The topological polar surface area (TPSA) is 87.5 Å². The molecule has 4 rings (SSSR count). The lowest BCUT2D eigenvalue weighted by atomic mass is 10.0. The summed E-state index contributed by atoms with van der Waals surface area (Å²) in [5, 5.41) is 5.38. The number of aromatic nitrogens is 2. The first kappa shape index (κ1) is 26.3. The fourth-order valence-electron chi connectivity index (χ4n) is 4.06. The molecule has 2 aromatic heterocycles. The summed E-state index contributed by atoms with van der Waals surface area (Å²) in [6.45, 7) is 0.881. The number of carbonyl (C=O) groups is 1. The fraction of sp³-hybridized carbons (Fsp3) is 0.308. The van der Waals surface area contributed by atoms with E-state index in [0.717, 1.165) is 28.0 Å². The number of rotatable bonds is 12. The summed E-state index contributed by atoms with van der Waals surface area (Å²) in [5.41, 5.74) is 3.27. The maximum atomic E-state index is 13.1. The minimum Gasteiger partial charge on any atom is -0.496 e. The number of halogens is 1. The first-order valence-electron chi connectivity index (χ1n) is 11.4. The van der Waals surface area contributed by atoms with Gasteiger partial charge in [0.15, 0.2) is 9.84 Å². The molecule has 36 heavy (non-hydrogen) atoms. The fourth-order valence-corrected chi connectivity index (χ4v) is 6.91. The van der Waals surface area contributed by atoms with Gasteiger partial charge in [0.05, 0.1) is 41.2 Å². The summed E-state index contributed by atoms with van der Waals surface area (Å²) in [4.78, 5) is 12.0. The molecule has 2 aromatic carbocycles. The van der Waals surface area contributed by atoms with Gasteiger partial charge in [-0.1, -0.05) is 41.9 Å². The lowest BCUT2D eigenvalue weighted by Crippen LogP contribution is -2.07. The van der Waals surface area contributed by atoms with Crippen LogP contribution in [-0.4, -0.2) is 44.8 Å². The molecule has 0 saturated carbocycles. The van der Waals surface area contributed by atoms with Crippen molar-refractivity contribution >= 4 is 49.5 Å². The third-order valence-corrected chi connectivity index (χ3v) is 9.26. The van der Waals surface area contributed by atoms with Crippen LogP contribution in [0, 0.1) is 0 Å². The number of ether oxygens (including phenoxy) is 2. The van der Waals surface area contributed by atoms with Crippen LogP contribution < -0.4 is 4.74 Å². The molecule has 0 saturated heterocycles. The number of methoxy groups -OCH3 is 2. The van der Waals surface area contributed by atoms with E-state index in [1.165, 1.54) is 6.07 Å². The van der Waals surface area contributed by atoms with E-state index < -0.39 is 9.84 Å². The van der Waals surface area contributed by atoms with E-state index in [9.17, 15) is 13.2 Å². The van der Waals surface area contributed by atoms with E-state index in [1.54, 1.807) is 31.0 Å². The average Bonchev–Trinajstić information content (AvgIpc) is 3.45. The monoisotopic (exact) mass is 546 g/mol. The Kier molecular flexibility index (Phi) is 8.46. The van der Waals surface area contributed by atoms with Gasteiger partial charge in [0.1, 0.15) is 21.5 Å². The Balaban J connectivity index is 1.62. The number of benzene rings is 2. The zero-order chi connectivity index (χ0) is 25.7. The summed E-state index contributed by atoms with van der Waals surface area (Å²) in [6.07, 6.45) is 1.53. The van der Waals surface area contributed by atoms with Gasteiger partial charge in [-0.25, -0.2) is 8.42 Å². The Morgan fingerprint density at radius 2 is 1.83 bits per heavy atom. The van der Waals surface area contributed by atoms with Crippen molar-refractivity contribution < 1.29 is 22.7 Å². The zero-order valence-electron chi connectivity index (χ0n) is 20.1. The molecule has 0 fully saturated rings. The number of thiophene rings is 1. The first-order valence-corrected chi connectivity index (χ1v) is 14.2. The second kappa shape index (κ2) is 11.6. The van der Waals surface area contributed by atoms with E-state index in [4.69, 9.17) is 26.2 Å². The first-order chi connectivity index (χ1) is 17.3. The van der Waals surface area contributed by atoms with Crippen molar-refractivity contribution in [2.45, 2.75) is 35.8 Å². The van der Waals surface area contributed by atoms with Gasteiger partial charge < -0.3 is 9.47 Å². The molecule has 0 aliphatic carbocycles. The van der Waals surface area contributed by atoms with Crippen LogP contribution in [0.25, 0.3) is 10.9 Å². The van der Waals surface area contributed by atoms with Crippen molar-refractivity contribution in [2.75, 3.05) is 20.8 Å². The van der Waals surface area contributed by atoms with Gasteiger partial charge in [0, 0.05) is 20.0 Å². The van der Waals surface area contributed by atoms with E-state index >= 15 is 0 Å². The van der Waals surface area contributed by atoms with Crippen molar-refractivity contribution in [2.24, 2.45) is 0 Å². The van der Waals surface area contributed by atoms with E-state index in [1.807, 2.05) is 30.3 Å². The van der Waals surface area contributed by atoms with Gasteiger partial charge in [-0.2, -0.15) is 5.10 Å². The molecule has 2 heterocycles. The highest BCUT2D eigenvalue weighted by atomic mass is 35.5. The summed E-state index contributed by atoms with van der Waals surface area (Å²) in [7, 11) is -0.492. The predicted octanol–water partition coefficient (Wildman–Crippen LogP) is 5.32. The van der Waals surface area contributed by atoms with Crippen LogP contribution in [0.15, 0.2) is 58.8 Å². The van der Waals surface area contributed by atoms with Gasteiger partial charge in [-0.3, -0.25) is 9.48 Å². The van der Waals surface area contributed by atoms with Crippen LogP contribution in [0.3, 0.4) is 0 Å². The van der Waals surface area contributed by atoms with E-state index in [0.29, 0.717) is 53.6 Å². The van der Waals surface area contributed by atoms with Crippen molar-refractivity contribution in [1.82, 2.24) is 9.78 Å². The maximum absolute atomic E-state index is 13.1. The Labute approximate surface area is 219 Å². The molecule has 0 unspecified atom stereocenters. The second-order valence-corrected chi connectivity index (χ2v) is 12.3. The molecule has 0 N–H and O–H groups in total. The van der Waals surface area contributed by atoms with Crippen LogP contribution in [0.4, 0.5) is 0 Å². The molecule has 0 amide bonds. The standard InChI is InChI=1S/C26H27ClN2O5S2/c1-33-14-13-20(30)10-9-18-5-3-6-19(15-18)16-29-22-7-4-8-23(34-2)26(22)21(28-29)17-36(31,32)25-12-11-24(27)35-25/h3-8,11-12,15H,9-10,13-14,16-17H2,1-2H3. The summed E-state index contributed by atoms with van der Waals surface area (Å²) >= 11 is 7.00. The quantitative estimate of drug-likeness (QED) is 0.239. The number of sulfone groups is 1. The van der Waals surface area contributed by atoms with Crippen molar-refractivity contribution in [3.05, 3.63) is 75.8 Å². The van der Waals surface area contributed by atoms with Crippen LogP contribution in [0.5, 0.6) is 5.75 Å². The molecular formula is C26H27ClN2O5S2. The Bertz CT molecular complexity index is 1480. The summed E-state index contributed by atoms with van der Waals surface area (Å²) in [5.74, 6) is 0.471. The van der Waals surface area contributed by atoms with Crippen LogP contribution in [-0.2, 0) is 38.1 Å². The number of aryl methyl sites for hydroxylation is 1. The van der Waals surface area contributed by atoms with Gasteiger partial charge in [0.25, 0.3) is 0 Å². The normalized spacial score (nSPS) is 11.8. The van der Waals surface area contributed by atoms with Gasteiger partial charge in [-0.15, -0.1) is 11.3 Å². The number of hydrogen-bond acceptors (Lipinski definition) is 7. The van der Waals surface area contributed by atoms with Crippen LogP contribution in [0.1, 0.15) is 29.7 Å². The molecule has 0 spiro atoms. The molecule has 0 radical (unpaired) electrons.